The molecule has 2 aromatic carbocycles. The van der Waals surface area contributed by atoms with Gasteiger partial charge in [-0.1, -0.05) is 36.4 Å². The lowest BCUT2D eigenvalue weighted by Gasteiger charge is -2.28. The van der Waals surface area contributed by atoms with Crippen molar-refractivity contribution in [2.45, 2.75) is 23.8 Å². The SMILES string of the molecule is CN1CCCc2ccc(S(=O)(=O)NCC(N)c3ccccc3)cc21.Cl. The van der Waals surface area contributed by atoms with E-state index >= 15 is 0 Å². The molecule has 3 N–H and O–H groups in total. The average Bonchev–Trinajstić information content (AvgIpc) is 2.60. The molecular weight excluding hydrogens is 358 g/mol. The van der Waals surface area contributed by atoms with Crippen molar-refractivity contribution >= 4 is 28.1 Å². The van der Waals surface area contributed by atoms with Gasteiger partial charge in [-0.3, -0.25) is 0 Å². The quantitative estimate of drug-likeness (QED) is 0.834. The summed E-state index contributed by atoms with van der Waals surface area (Å²) in [5.74, 6) is 0. The molecule has 1 aliphatic heterocycles. The van der Waals surface area contributed by atoms with Gasteiger partial charge in [-0.25, -0.2) is 13.1 Å². The van der Waals surface area contributed by atoms with Gasteiger partial charge >= 0.3 is 0 Å². The van der Waals surface area contributed by atoms with Crippen LogP contribution in [-0.4, -0.2) is 28.6 Å². The zero-order valence-electron chi connectivity index (χ0n) is 14.2. The Bertz CT molecular complexity index is 812. The second-order valence-corrected chi connectivity index (χ2v) is 7.95. The minimum atomic E-state index is -3.58. The number of sulfonamides is 1. The number of nitrogens with two attached hydrogens (primary N) is 1. The van der Waals surface area contributed by atoms with E-state index in [2.05, 4.69) is 9.62 Å². The second kappa shape index (κ2) is 8.19. The normalized spacial score (nSPS) is 15.2. The Morgan fingerprint density at radius 3 is 2.64 bits per heavy atom. The zero-order chi connectivity index (χ0) is 17.2. The van der Waals surface area contributed by atoms with Crippen molar-refractivity contribution in [3.05, 3.63) is 59.7 Å². The third-order valence-corrected chi connectivity index (χ3v) is 5.86. The van der Waals surface area contributed by atoms with Crippen LogP contribution in [0.1, 0.15) is 23.6 Å². The molecule has 1 heterocycles. The highest BCUT2D eigenvalue weighted by Gasteiger charge is 2.20. The smallest absolute Gasteiger partial charge is 0.240 e. The molecule has 0 saturated carbocycles. The molecule has 1 unspecified atom stereocenters. The summed E-state index contributed by atoms with van der Waals surface area (Å²) in [6, 6.07) is 14.5. The summed E-state index contributed by atoms with van der Waals surface area (Å²) >= 11 is 0. The van der Waals surface area contributed by atoms with Crippen LogP contribution >= 0.6 is 12.4 Å². The van der Waals surface area contributed by atoms with Crippen LogP contribution in [0.15, 0.2) is 53.4 Å². The number of nitrogens with one attached hydrogen (secondary N) is 1. The van der Waals surface area contributed by atoms with Crippen LogP contribution in [0.3, 0.4) is 0 Å². The highest BCUT2D eigenvalue weighted by atomic mass is 35.5. The summed E-state index contributed by atoms with van der Waals surface area (Å²) in [6.07, 6.45) is 2.09. The van der Waals surface area contributed by atoms with Gasteiger partial charge in [0.1, 0.15) is 0 Å². The average molecular weight is 382 g/mol. The lowest BCUT2D eigenvalue weighted by Crippen LogP contribution is -2.32. The topological polar surface area (TPSA) is 75.4 Å². The zero-order valence-corrected chi connectivity index (χ0v) is 15.8. The Balaban J connectivity index is 0.00000225. The second-order valence-electron chi connectivity index (χ2n) is 6.18. The molecule has 0 saturated heterocycles. The van der Waals surface area contributed by atoms with Gasteiger partial charge in [0, 0.05) is 31.9 Å². The third kappa shape index (κ3) is 4.52. The Morgan fingerprint density at radius 2 is 1.92 bits per heavy atom. The highest BCUT2D eigenvalue weighted by molar-refractivity contribution is 7.89. The molecule has 0 aliphatic carbocycles. The van der Waals surface area contributed by atoms with Crippen molar-refractivity contribution in [1.82, 2.24) is 4.72 Å². The van der Waals surface area contributed by atoms with Crippen LogP contribution in [0.25, 0.3) is 0 Å². The van der Waals surface area contributed by atoms with Crippen molar-refractivity contribution in [3.8, 4) is 0 Å². The molecular formula is C18H24ClN3O2S. The Kier molecular flexibility index (Phi) is 6.46. The van der Waals surface area contributed by atoms with E-state index in [4.69, 9.17) is 5.73 Å². The number of hydrogen-bond acceptors (Lipinski definition) is 4. The first-order valence-corrected chi connectivity index (χ1v) is 9.60. The lowest BCUT2D eigenvalue weighted by atomic mass is 10.0. The first kappa shape index (κ1) is 19.7. The fourth-order valence-corrected chi connectivity index (χ4v) is 4.09. The number of aryl methyl sites for hydroxylation is 1. The molecule has 0 aromatic heterocycles. The number of rotatable bonds is 5. The number of hydrogen-bond donors (Lipinski definition) is 2. The summed E-state index contributed by atoms with van der Waals surface area (Å²) in [5.41, 5.74) is 9.18. The van der Waals surface area contributed by atoms with Crippen molar-refractivity contribution < 1.29 is 8.42 Å². The molecule has 25 heavy (non-hydrogen) atoms. The van der Waals surface area contributed by atoms with Gasteiger partial charge in [0.15, 0.2) is 0 Å². The van der Waals surface area contributed by atoms with E-state index in [0.717, 1.165) is 30.6 Å². The van der Waals surface area contributed by atoms with Crippen LogP contribution in [0.5, 0.6) is 0 Å². The molecule has 1 atom stereocenters. The molecule has 1 aliphatic rings. The monoisotopic (exact) mass is 381 g/mol. The van der Waals surface area contributed by atoms with Crippen molar-refractivity contribution in [2.24, 2.45) is 5.73 Å². The van der Waals surface area contributed by atoms with E-state index in [-0.39, 0.29) is 29.9 Å². The number of nitrogens with zero attached hydrogens (tertiary/aromatic N) is 1. The number of benzene rings is 2. The summed E-state index contributed by atoms with van der Waals surface area (Å²) in [7, 11) is -1.58. The Labute approximate surface area is 155 Å². The molecule has 7 heteroatoms. The maximum Gasteiger partial charge on any atom is 0.240 e. The Morgan fingerprint density at radius 1 is 1.20 bits per heavy atom. The summed E-state index contributed by atoms with van der Waals surface area (Å²) in [6.45, 7) is 1.11. The van der Waals surface area contributed by atoms with Crippen LogP contribution in [0.4, 0.5) is 5.69 Å². The standard InChI is InChI=1S/C18H23N3O2S.ClH/c1-21-11-5-8-15-9-10-16(12-18(15)21)24(22,23)20-13-17(19)14-6-3-2-4-7-14;/h2-4,6-7,9-10,12,17,20H,5,8,11,13,19H2,1H3;1H. The van der Waals surface area contributed by atoms with Crippen LogP contribution in [0.2, 0.25) is 0 Å². The van der Waals surface area contributed by atoms with Crippen molar-refractivity contribution in [2.75, 3.05) is 25.0 Å². The predicted molar refractivity (Wildman–Crippen MR) is 104 cm³/mol. The third-order valence-electron chi connectivity index (χ3n) is 4.44. The fraction of sp³-hybridized carbons (Fsp3) is 0.333. The minimum Gasteiger partial charge on any atom is -0.374 e. The van der Waals surface area contributed by atoms with Crippen LogP contribution < -0.4 is 15.4 Å². The van der Waals surface area contributed by atoms with E-state index < -0.39 is 10.0 Å². The van der Waals surface area contributed by atoms with Crippen LogP contribution in [0, 0.1) is 0 Å². The van der Waals surface area contributed by atoms with E-state index in [0.29, 0.717) is 0 Å². The molecule has 0 amide bonds. The fourth-order valence-electron chi connectivity index (χ4n) is 3.01. The summed E-state index contributed by atoms with van der Waals surface area (Å²) in [5, 5.41) is 0. The predicted octanol–water partition coefficient (Wildman–Crippen LogP) is 2.47. The van der Waals surface area contributed by atoms with E-state index in [9.17, 15) is 8.42 Å². The molecule has 0 fully saturated rings. The maximum absolute atomic E-state index is 12.6. The van der Waals surface area contributed by atoms with Gasteiger partial charge in [-0.05, 0) is 36.1 Å². The van der Waals surface area contributed by atoms with E-state index in [1.165, 1.54) is 5.56 Å². The lowest BCUT2D eigenvalue weighted by molar-refractivity contribution is 0.572. The first-order valence-electron chi connectivity index (χ1n) is 8.11. The van der Waals surface area contributed by atoms with Gasteiger partial charge < -0.3 is 10.6 Å². The van der Waals surface area contributed by atoms with Gasteiger partial charge in [0.05, 0.1) is 4.90 Å². The van der Waals surface area contributed by atoms with Gasteiger partial charge in [0.2, 0.25) is 10.0 Å². The molecule has 2 aromatic rings. The number of anilines is 1. The first-order chi connectivity index (χ1) is 11.5. The van der Waals surface area contributed by atoms with E-state index in [1.54, 1.807) is 12.1 Å². The molecule has 136 valence electrons. The van der Waals surface area contributed by atoms with Crippen molar-refractivity contribution in [1.29, 1.82) is 0 Å². The van der Waals surface area contributed by atoms with Crippen LogP contribution in [-0.2, 0) is 16.4 Å². The van der Waals surface area contributed by atoms with E-state index in [1.807, 2.05) is 43.4 Å². The van der Waals surface area contributed by atoms with Gasteiger partial charge in [-0.2, -0.15) is 0 Å². The number of fused-ring (bicyclic) bond motifs is 1. The molecule has 0 radical (unpaired) electrons. The minimum absolute atomic E-state index is 0. The maximum atomic E-state index is 12.6. The van der Waals surface area contributed by atoms with Gasteiger partial charge in [0.25, 0.3) is 0 Å². The molecule has 0 bridgehead atoms. The molecule has 5 nitrogen and oxygen atoms in total. The summed E-state index contributed by atoms with van der Waals surface area (Å²) < 4.78 is 27.8. The summed E-state index contributed by atoms with van der Waals surface area (Å²) in [4.78, 5) is 2.39. The largest absolute Gasteiger partial charge is 0.374 e. The number of halogens is 1. The highest BCUT2D eigenvalue weighted by Crippen LogP contribution is 2.28. The van der Waals surface area contributed by atoms with Gasteiger partial charge in [-0.15, -0.1) is 12.4 Å². The Hall–Kier alpha value is -1.60. The molecule has 0 spiro atoms. The van der Waals surface area contributed by atoms with Crippen molar-refractivity contribution in [3.63, 3.8) is 0 Å². The molecule has 3 rings (SSSR count).